The van der Waals surface area contributed by atoms with Gasteiger partial charge in [0.25, 0.3) is 0 Å². The molecule has 2 aliphatic carbocycles. The molecular weight excluding hydrogens is 240 g/mol. The Hall–Kier alpha value is 0. The minimum absolute atomic E-state index is 0.662. The van der Waals surface area contributed by atoms with E-state index in [-0.39, 0.29) is 0 Å². The summed E-state index contributed by atoms with van der Waals surface area (Å²) >= 11 is 0. The molecule has 2 aliphatic rings. The van der Waals surface area contributed by atoms with Gasteiger partial charge < -0.3 is 0 Å². The third-order valence-corrected chi connectivity index (χ3v) is 7.20. The van der Waals surface area contributed by atoms with E-state index in [4.69, 9.17) is 0 Å². The highest BCUT2D eigenvalue weighted by Gasteiger charge is 2.65. The van der Waals surface area contributed by atoms with E-state index in [1.165, 1.54) is 51.4 Å². The largest absolute Gasteiger partial charge is 0.0654 e. The first kappa shape index (κ1) is 16.4. The highest BCUT2D eigenvalue weighted by atomic mass is 14.7. The Morgan fingerprint density at radius 2 is 1.80 bits per heavy atom. The minimum Gasteiger partial charge on any atom is -0.0654 e. The second kappa shape index (κ2) is 6.01. The van der Waals surface area contributed by atoms with Gasteiger partial charge in [-0.1, -0.05) is 67.2 Å². The maximum atomic E-state index is 2.60. The van der Waals surface area contributed by atoms with Crippen LogP contribution in [0.3, 0.4) is 0 Å². The van der Waals surface area contributed by atoms with Crippen molar-refractivity contribution in [1.82, 2.24) is 0 Å². The summed E-state index contributed by atoms with van der Waals surface area (Å²) in [6, 6.07) is 0. The molecule has 0 aromatic rings. The second-order valence-electron chi connectivity index (χ2n) is 8.84. The predicted molar refractivity (Wildman–Crippen MR) is 89.8 cm³/mol. The summed E-state index contributed by atoms with van der Waals surface area (Å²) in [6.45, 7) is 14.9. The van der Waals surface area contributed by atoms with Crippen LogP contribution in [0.25, 0.3) is 0 Å². The molecular formula is C20H38. The van der Waals surface area contributed by atoms with Crippen LogP contribution in [0.5, 0.6) is 0 Å². The molecule has 20 heavy (non-hydrogen) atoms. The van der Waals surface area contributed by atoms with Gasteiger partial charge in [0.2, 0.25) is 0 Å². The topological polar surface area (TPSA) is 0 Å². The van der Waals surface area contributed by atoms with E-state index in [0.29, 0.717) is 10.8 Å². The van der Waals surface area contributed by atoms with Gasteiger partial charge >= 0.3 is 0 Å². The molecule has 0 nitrogen and oxygen atoms in total. The lowest BCUT2D eigenvalue weighted by Gasteiger charge is -2.26. The quantitative estimate of drug-likeness (QED) is 0.440. The van der Waals surface area contributed by atoms with Crippen LogP contribution < -0.4 is 0 Å². The third-order valence-electron chi connectivity index (χ3n) is 7.20. The molecule has 6 atom stereocenters. The molecule has 0 bridgehead atoms. The molecule has 2 rings (SSSR count). The lowest BCUT2D eigenvalue weighted by atomic mass is 9.79. The second-order valence-corrected chi connectivity index (χ2v) is 8.84. The van der Waals surface area contributed by atoms with Crippen LogP contribution in [0.15, 0.2) is 0 Å². The molecule has 0 N–H and O–H groups in total. The Balaban J connectivity index is 1.81. The van der Waals surface area contributed by atoms with Gasteiger partial charge in [-0.15, -0.1) is 0 Å². The van der Waals surface area contributed by atoms with Crippen molar-refractivity contribution in [1.29, 1.82) is 0 Å². The fourth-order valence-corrected chi connectivity index (χ4v) is 5.17. The van der Waals surface area contributed by atoms with Crippen molar-refractivity contribution in [2.45, 2.75) is 92.9 Å². The van der Waals surface area contributed by atoms with Crippen molar-refractivity contribution in [3.63, 3.8) is 0 Å². The molecule has 0 radical (unpaired) electrons. The van der Waals surface area contributed by atoms with Crippen LogP contribution in [0.4, 0.5) is 0 Å². The summed E-state index contributed by atoms with van der Waals surface area (Å²) < 4.78 is 0. The van der Waals surface area contributed by atoms with Gasteiger partial charge in [-0.3, -0.25) is 0 Å². The fourth-order valence-electron chi connectivity index (χ4n) is 5.17. The molecule has 2 fully saturated rings. The molecule has 0 heteroatoms. The van der Waals surface area contributed by atoms with Crippen molar-refractivity contribution < 1.29 is 0 Å². The molecule has 0 aromatic carbocycles. The number of rotatable bonds is 9. The maximum Gasteiger partial charge on any atom is -0.0238 e. The van der Waals surface area contributed by atoms with Crippen LogP contribution in [0.1, 0.15) is 92.9 Å². The summed E-state index contributed by atoms with van der Waals surface area (Å²) in [6.07, 6.45) is 11.6. The Morgan fingerprint density at radius 3 is 2.40 bits per heavy atom. The zero-order valence-electron chi connectivity index (χ0n) is 15.0. The van der Waals surface area contributed by atoms with Crippen LogP contribution in [0.2, 0.25) is 0 Å². The van der Waals surface area contributed by atoms with E-state index in [0.717, 1.165) is 23.7 Å². The first-order valence-corrected chi connectivity index (χ1v) is 9.38. The molecule has 6 unspecified atom stereocenters. The fraction of sp³-hybridized carbons (Fsp3) is 1.00. The lowest BCUT2D eigenvalue weighted by molar-refractivity contribution is 0.224. The number of unbranched alkanes of at least 4 members (excludes halogenated alkanes) is 1. The molecule has 0 aliphatic heterocycles. The molecule has 0 saturated heterocycles. The van der Waals surface area contributed by atoms with Gasteiger partial charge in [0.1, 0.15) is 0 Å². The van der Waals surface area contributed by atoms with Crippen LogP contribution in [-0.4, -0.2) is 0 Å². The standard InChI is InChI=1S/C20H38/c1-7-9-11-19(5)14-20(19,6)16(4)18-13-17(18)12-15(3)10-8-2/h15-18H,7-14H2,1-6H3. The van der Waals surface area contributed by atoms with Gasteiger partial charge in [-0.2, -0.15) is 0 Å². The Labute approximate surface area is 128 Å². The average Bonchev–Trinajstić information content (AvgIpc) is 3.25. The van der Waals surface area contributed by atoms with Gasteiger partial charge in [-0.25, -0.2) is 0 Å². The zero-order chi connectivity index (χ0) is 15.0. The average molecular weight is 279 g/mol. The van der Waals surface area contributed by atoms with Crippen molar-refractivity contribution in [3.05, 3.63) is 0 Å². The highest BCUT2D eigenvalue weighted by molar-refractivity contribution is 5.14. The van der Waals surface area contributed by atoms with Crippen LogP contribution in [0, 0.1) is 34.5 Å². The summed E-state index contributed by atoms with van der Waals surface area (Å²) in [5.41, 5.74) is 1.33. The highest BCUT2D eigenvalue weighted by Crippen LogP contribution is 2.73. The summed E-state index contributed by atoms with van der Waals surface area (Å²) in [7, 11) is 0. The van der Waals surface area contributed by atoms with Gasteiger partial charge in [0, 0.05) is 0 Å². The zero-order valence-corrected chi connectivity index (χ0v) is 15.0. The third kappa shape index (κ3) is 3.09. The number of hydrogen-bond donors (Lipinski definition) is 0. The van der Waals surface area contributed by atoms with E-state index in [1.54, 1.807) is 0 Å². The Kier molecular flexibility index (Phi) is 4.92. The first-order chi connectivity index (χ1) is 9.38. The van der Waals surface area contributed by atoms with Crippen molar-refractivity contribution >= 4 is 0 Å². The monoisotopic (exact) mass is 278 g/mol. The van der Waals surface area contributed by atoms with E-state index in [2.05, 4.69) is 41.5 Å². The predicted octanol–water partition coefficient (Wildman–Crippen LogP) is 6.69. The van der Waals surface area contributed by atoms with Crippen LogP contribution >= 0.6 is 0 Å². The summed E-state index contributed by atoms with van der Waals surface area (Å²) in [5.74, 6) is 4.05. The number of hydrogen-bond acceptors (Lipinski definition) is 0. The van der Waals surface area contributed by atoms with Crippen LogP contribution in [-0.2, 0) is 0 Å². The van der Waals surface area contributed by atoms with Crippen molar-refractivity contribution in [2.75, 3.05) is 0 Å². The smallest absolute Gasteiger partial charge is 0.0238 e. The lowest BCUT2D eigenvalue weighted by Crippen LogP contribution is -2.19. The van der Waals surface area contributed by atoms with Crippen molar-refractivity contribution in [3.8, 4) is 0 Å². The van der Waals surface area contributed by atoms with Gasteiger partial charge in [0.05, 0.1) is 0 Å². The molecule has 118 valence electrons. The maximum absolute atomic E-state index is 2.60. The van der Waals surface area contributed by atoms with E-state index in [1.807, 2.05) is 0 Å². The molecule has 0 aromatic heterocycles. The Bertz CT molecular complexity index is 320. The van der Waals surface area contributed by atoms with E-state index < -0.39 is 0 Å². The minimum atomic E-state index is 0.662. The normalized spacial score (nSPS) is 42.3. The molecule has 0 spiro atoms. The Morgan fingerprint density at radius 1 is 1.10 bits per heavy atom. The molecule has 0 amide bonds. The van der Waals surface area contributed by atoms with E-state index in [9.17, 15) is 0 Å². The first-order valence-electron chi connectivity index (χ1n) is 9.38. The summed E-state index contributed by atoms with van der Waals surface area (Å²) in [5, 5.41) is 0. The molecule has 2 saturated carbocycles. The SMILES string of the molecule is CCCCC1(C)CC1(C)C(C)C1CC1CC(C)CCC. The molecule has 0 heterocycles. The van der Waals surface area contributed by atoms with Gasteiger partial charge in [-0.05, 0) is 60.2 Å². The summed E-state index contributed by atoms with van der Waals surface area (Å²) in [4.78, 5) is 0. The van der Waals surface area contributed by atoms with Crippen molar-refractivity contribution in [2.24, 2.45) is 34.5 Å². The van der Waals surface area contributed by atoms with E-state index >= 15 is 0 Å². The van der Waals surface area contributed by atoms with Gasteiger partial charge in [0.15, 0.2) is 0 Å².